The number of hydrogen-bond donors (Lipinski definition) is 3. The molecule has 0 fully saturated rings. The van der Waals surface area contributed by atoms with Crippen LogP contribution < -0.4 is 11.1 Å². The molecule has 1 amide bonds. The van der Waals surface area contributed by atoms with Crippen molar-refractivity contribution in [3.8, 4) is 0 Å². The standard InChI is InChI=1S/C14H20N2O3/c1-9(2)12(15)13(17)16-8-7-10-3-5-11(6-4-10)14(18)19/h3-6,9,12H,7-8,15H2,1-2H3,(H,16,17)(H,18,19)/t12-/m0/s1. The van der Waals surface area contributed by atoms with E-state index in [2.05, 4.69) is 5.32 Å². The minimum atomic E-state index is -0.942. The second-order valence-electron chi connectivity index (χ2n) is 4.81. The molecule has 0 bridgehead atoms. The van der Waals surface area contributed by atoms with Crippen molar-refractivity contribution < 1.29 is 14.7 Å². The first kappa shape index (κ1) is 15.2. The molecule has 1 aromatic carbocycles. The van der Waals surface area contributed by atoms with Gasteiger partial charge >= 0.3 is 5.97 Å². The third-order valence-corrected chi connectivity index (χ3v) is 2.93. The Bertz CT molecular complexity index is 441. The largest absolute Gasteiger partial charge is 0.478 e. The third kappa shape index (κ3) is 4.71. The van der Waals surface area contributed by atoms with Crippen LogP contribution in [0.3, 0.4) is 0 Å². The van der Waals surface area contributed by atoms with Crippen molar-refractivity contribution in [3.05, 3.63) is 35.4 Å². The second-order valence-corrected chi connectivity index (χ2v) is 4.81. The predicted octanol–water partition coefficient (Wildman–Crippen LogP) is 1.03. The van der Waals surface area contributed by atoms with Crippen molar-refractivity contribution in [1.29, 1.82) is 0 Å². The van der Waals surface area contributed by atoms with E-state index in [0.29, 0.717) is 13.0 Å². The van der Waals surface area contributed by atoms with Gasteiger partial charge in [0.05, 0.1) is 11.6 Å². The molecule has 0 heterocycles. The predicted molar refractivity (Wildman–Crippen MR) is 72.9 cm³/mol. The van der Waals surface area contributed by atoms with Gasteiger partial charge in [0.25, 0.3) is 0 Å². The summed E-state index contributed by atoms with van der Waals surface area (Å²) in [4.78, 5) is 22.3. The molecule has 0 aliphatic heterocycles. The molecule has 0 saturated heterocycles. The number of nitrogens with one attached hydrogen (secondary N) is 1. The summed E-state index contributed by atoms with van der Waals surface area (Å²) in [7, 11) is 0. The molecule has 104 valence electrons. The maximum atomic E-state index is 11.6. The number of aromatic carboxylic acids is 1. The van der Waals surface area contributed by atoms with Crippen LogP contribution in [-0.4, -0.2) is 29.6 Å². The first-order chi connectivity index (χ1) is 8.91. The molecule has 1 rings (SSSR count). The Labute approximate surface area is 112 Å². The van der Waals surface area contributed by atoms with E-state index >= 15 is 0 Å². The Kier molecular flexibility index (Phi) is 5.51. The molecule has 1 aromatic rings. The molecule has 0 aliphatic carbocycles. The summed E-state index contributed by atoms with van der Waals surface area (Å²) in [5.41, 5.74) is 6.95. The molecule has 4 N–H and O–H groups in total. The third-order valence-electron chi connectivity index (χ3n) is 2.93. The molecule has 1 atom stereocenters. The highest BCUT2D eigenvalue weighted by molar-refractivity contribution is 5.87. The molecule has 0 saturated carbocycles. The lowest BCUT2D eigenvalue weighted by Gasteiger charge is -2.15. The minimum Gasteiger partial charge on any atom is -0.478 e. The summed E-state index contributed by atoms with van der Waals surface area (Å²) in [6.07, 6.45) is 0.649. The summed E-state index contributed by atoms with van der Waals surface area (Å²) in [5, 5.41) is 11.5. The Balaban J connectivity index is 2.41. The topological polar surface area (TPSA) is 92.4 Å². The van der Waals surface area contributed by atoms with Crippen molar-refractivity contribution in [2.45, 2.75) is 26.3 Å². The van der Waals surface area contributed by atoms with Crippen molar-refractivity contribution in [2.75, 3.05) is 6.54 Å². The van der Waals surface area contributed by atoms with Gasteiger partial charge in [-0.25, -0.2) is 4.79 Å². The molecule has 0 aliphatic rings. The average molecular weight is 264 g/mol. The summed E-state index contributed by atoms with van der Waals surface area (Å²) in [5.74, 6) is -0.991. The molecule has 0 aromatic heterocycles. The zero-order chi connectivity index (χ0) is 14.4. The van der Waals surface area contributed by atoms with Crippen LogP contribution in [0.4, 0.5) is 0 Å². The first-order valence-corrected chi connectivity index (χ1v) is 6.27. The van der Waals surface area contributed by atoms with Gasteiger partial charge in [-0.05, 0) is 30.0 Å². The van der Waals surface area contributed by atoms with Gasteiger partial charge in [0.2, 0.25) is 5.91 Å². The van der Waals surface area contributed by atoms with E-state index in [1.54, 1.807) is 24.3 Å². The van der Waals surface area contributed by atoms with E-state index in [4.69, 9.17) is 10.8 Å². The fraction of sp³-hybridized carbons (Fsp3) is 0.429. The lowest BCUT2D eigenvalue weighted by molar-refractivity contribution is -0.123. The molecule has 0 unspecified atom stereocenters. The van der Waals surface area contributed by atoms with Gasteiger partial charge in [-0.1, -0.05) is 26.0 Å². The molecule has 19 heavy (non-hydrogen) atoms. The van der Waals surface area contributed by atoms with Crippen LogP contribution in [0.2, 0.25) is 0 Å². The normalized spacial score (nSPS) is 12.2. The van der Waals surface area contributed by atoms with E-state index in [1.807, 2.05) is 13.8 Å². The van der Waals surface area contributed by atoms with Crippen molar-refractivity contribution in [1.82, 2.24) is 5.32 Å². The number of carbonyl (C=O) groups is 2. The highest BCUT2D eigenvalue weighted by Crippen LogP contribution is 2.05. The van der Waals surface area contributed by atoms with Crippen LogP contribution in [0, 0.1) is 5.92 Å². The molecule has 5 nitrogen and oxygen atoms in total. The number of carboxylic acid groups (broad SMARTS) is 1. The van der Waals surface area contributed by atoms with Crippen LogP contribution >= 0.6 is 0 Å². The Morgan fingerprint density at radius 3 is 2.32 bits per heavy atom. The van der Waals surface area contributed by atoms with Gasteiger partial charge in [0.1, 0.15) is 0 Å². The summed E-state index contributed by atoms with van der Waals surface area (Å²) in [6.45, 7) is 4.29. The fourth-order valence-corrected chi connectivity index (χ4v) is 1.56. The zero-order valence-electron chi connectivity index (χ0n) is 11.2. The fourth-order valence-electron chi connectivity index (χ4n) is 1.56. The van der Waals surface area contributed by atoms with Crippen LogP contribution in [0.5, 0.6) is 0 Å². The van der Waals surface area contributed by atoms with Gasteiger partial charge in [-0.15, -0.1) is 0 Å². The van der Waals surface area contributed by atoms with Gasteiger partial charge in [0.15, 0.2) is 0 Å². The molecule has 5 heteroatoms. The SMILES string of the molecule is CC(C)[C@H](N)C(=O)NCCc1ccc(C(=O)O)cc1. The number of nitrogens with two attached hydrogens (primary N) is 1. The average Bonchev–Trinajstić information content (AvgIpc) is 2.38. The van der Waals surface area contributed by atoms with Gasteiger partial charge in [-0.2, -0.15) is 0 Å². The highest BCUT2D eigenvalue weighted by atomic mass is 16.4. The van der Waals surface area contributed by atoms with Crippen molar-refractivity contribution in [3.63, 3.8) is 0 Å². The monoisotopic (exact) mass is 264 g/mol. The van der Waals surface area contributed by atoms with Crippen molar-refractivity contribution in [2.24, 2.45) is 11.7 Å². The highest BCUT2D eigenvalue weighted by Gasteiger charge is 2.16. The molecule has 0 spiro atoms. The number of carbonyl (C=O) groups excluding carboxylic acids is 1. The second kappa shape index (κ2) is 6.89. The summed E-state index contributed by atoms with van der Waals surface area (Å²) in [6, 6.07) is 6.11. The number of amides is 1. The van der Waals surface area contributed by atoms with E-state index in [1.165, 1.54) is 0 Å². The maximum absolute atomic E-state index is 11.6. The molecular weight excluding hydrogens is 244 g/mol. The smallest absolute Gasteiger partial charge is 0.335 e. The quantitative estimate of drug-likeness (QED) is 0.715. The van der Waals surface area contributed by atoms with E-state index < -0.39 is 12.0 Å². The van der Waals surface area contributed by atoms with Crippen LogP contribution in [-0.2, 0) is 11.2 Å². The summed E-state index contributed by atoms with van der Waals surface area (Å²) < 4.78 is 0. The molecule has 0 radical (unpaired) electrons. The lowest BCUT2D eigenvalue weighted by atomic mass is 10.0. The number of hydrogen-bond acceptors (Lipinski definition) is 3. The van der Waals surface area contributed by atoms with Crippen LogP contribution in [0.25, 0.3) is 0 Å². The van der Waals surface area contributed by atoms with Gasteiger partial charge < -0.3 is 16.2 Å². The first-order valence-electron chi connectivity index (χ1n) is 6.27. The Hall–Kier alpha value is -1.88. The lowest BCUT2D eigenvalue weighted by Crippen LogP contribution is -2.44. The van der Waals surface area contributed by atoms with Gasteiger partial charge in [0, 0.05) is 6.54 Å². The Morgan fingerprint density at radius 2 is 1.84 bits per heavy atom. The number of carboxylic acids is 1. The summed E-state index contributed by atoms with van der Waals surface area (Å²) >= 11 is 0. The van der Waals surface area contributed by atoms with Crippen LogP contribution in [0.15, 0.2) is 24.3 Å². The number of benzene rings is 1. The Morgan fingerprint density at radius 1 is 1.26 bits per heavy atom. The van der Waals surface area contributed by atoms with Crippen molar-refractivity contribution >= 4 is 11.9 Å². The molecular formula is C14H20N2O3. The maximum Gasteiger partial charge on any atom is 0.335 e. The van der Waals surface area contributed by atoms with E-state index in [9.17, 15) is 9.59 Å². The van der Waals surface area contributed by atoms with Gasteiger partial charge in [-0.3, -0.25) is 4.79 Å². The number of rotatable bonds is 6. The zero-order valence-corrected chi connectivity index (χ0v) is 11.2. The van der Waals surface area contributed by atoms with Crippen LogP contribution in [0.1, 0.15) is 29.8 Å². The minimum absolute atomic E-state index is 0.106. The van der Waals surface area contributed by atoms with E-state index in [-0.39, 0.29) is 17.4 Å². The van der Waals surface area contributed by atoms with E-state index in [0.717, 1.165) is 5.56 Å².